The normalized spacial score (nSPS) is 16.5. The van der Waals surface area contributed by atoms with Gasteiger partial charge in [-0.05, 0) is 109 Å². The van der Waals surface area contributed by atoms with Crippen LogP contribution in [0.4, 0.5) is 4.79 Å². The maximum absolute atomic E-state index is 14.5. The molecule has 4 amide bonds. The van der Waals surface area contributed by atoms with Crippen LogP contribution in [0.5, 0.6) is 11.5 Å². The number of carbonyl (C=O) groups excluding carboxylic acids is 4. The number of nitrogens with two attached hydrogens (primary N) is 1. The molecule has 15 nitrogen and oxygen atoms in total. The summed E-state index contributed by atoms with van der Waals surface area (Å²) in [4.78, 5) is 56.7. The summed E-state index contributed by atoms with van der Waals surface area (Å²) in [5.74, 6) is -1.08. The van der Waals surface area contributed by atoms with Gasteiger partial charge >= 0.3 is 6.09 Å². The molecule has 1 heterocycles. The van der Waals surface area contributed by atoms with Crippen molar-refractivity contribution in [2.45, 2.75) is 140 Å². The Morgan fingerprint density at radius 2 is 1.50 bits per heavy atom. The molecule has 5 atom stereocenters. The van der Waals surface area contributed by atoms with Crippen molar-refractivity contribution in [3.63, 3.8) is 0 Å². The van der Waals surface area contributed by atoms with Crippen molar-refractivity contribution in [1.82, 2.24) is 20.9 Å². The molecule has 64 heavy (non-hydrogen) atoms. The van der Waals surface area contributed by atoms with Gasteiger partial charge in [0.1, 0.15) is 29.9 Å². The van der Waals surface area contributed by atoms with Gasteiger partial charge in [0, 0.05) is 63.8 Å². The third kappa shape index (κ3) is 20.4. The number of rotatable bonds is 27. The predicted octanol–water partition coefficient (Wildman–Crippen LogP) is 6.77. The number of hydrogen-bond acceptors (Lipinski definition) is 11. The average Bonchev–Trinajstić information content (AvgIpc) is 3.17. The second-order valence-electron chi connectivity index (χ2n) is 21.0. The van der Waals surface area contributed by atoms with Crippen LogP contribution in [0.3, 0.4) is 0 Å². The first kappa shape index (κ1) is 56.7. The fourth-order valence-electron chi connectivity index (χ4n) is 7.71. The first-order valence-electron chi connectivity index (χ1n) is 23.5. The zero-order chi connectivity index (χ0) is 48.4. The van der Waals surface area contributed by atoms with Crippen molar-refractivity contribution in [2.75, 3.05) is 66.3 Å². The molecule has 0 bridgehead atoms. The van der Waals surface area contributed by atoms with E-state index in [0.29, 0.717) is 62.9 Å². The molecule has 16 heteroatoms. The fourth-order valence-corrected chi connectivity index (χ4v) is 8.57. The van der Waals surface area contributed by atoms with Crippen LogP contribution in [-0.4, -0.2) is 122 Å². The van der Waals surface area contributed by atoms with E-state index < -0.39 is 55.7 Å². The Balaban J connectivity index is 2.57. The number of hydrogen-bond donors (Lipinski definition) is 4. The van der Waals surface area contributed by atoms with Crippen molar-refractivity contribution < 1.29 is 47.3 Å². The second kappa shape index (κ2) is 26.6. The Labute approximate surface area is 387 Å². The minimum atomic E-state index is -1.78. The van der Waals surface area contributed by atoms with Crippen molar-refractivity contribution in [3.05, 3.63) is 23.8 Å². The van der Waals surface area contributed by atoms with E-state index in [-0.39, 0.29) is 42.0 Å². The third-order valence-electron chi connectivity index (χ3n) is 11.8. The van der Waals surface area contributed by atoms with Crippen LogP contribution in [0.1, 0.15) is 119 Å². The van der Waals surface area contributed by atoms with Gasteiger partial charge in [0.05, 0.1) is 30.8 Å². The predicted molar refractivity (Wildman–Crippen MR) is 255 cm³/mol. The molecule has 0 aliphatic carbocycles. The highest BCUT2D eigenvalue weighted by Gasteiger charge is 2.42. The Hall–Kier alpha value is -3.44. The second-order valence-corrected chi connectivity index (χ2v) is 23.4. The van der Waals surface area contributed by atoms with Crippen molar-refractivity contribution in [2.24, 2.45) is 46.2 Å². The molecule has 368 valence electrons. The monoisotopic (exact) mass is 922 g/mol. The highest BCUT2D eigenvalue weighted by Crippen LogP contribution is 2.40. The number of primary amides is 1. The zero-order valence-corrected chi connectivity index (χ0v) is 43.3. The van der Waals surface area contributed by atoms with Crippen LogP contribution < -0.4 is 31.2 Å². The molecule has 5 N–H and O–H groups in total. The maximum Gasteiger partial charge on any atom is 0.407 e. The highest BCUT2D eigenvalue weighted by atomic mass is 28.3. The summed E-state index contributed by atoms with van der Waals surface area (Å²) in [6.07, 6.45) is 1.10. The van der Waals surface area contributed by atoms with Crippen LogP contribution in [0, 0.1) is 40.4 Å². The Bertz CT molecular complexity index is 1590. The van der Waals surface area contributed by atoms with Gasteiger partial charge in [0.15, 0.2) is 9.04 Å². The van der Waals surface area contributed by atoms with Gasteiger partial charge < -0.3 is 49.8 Å². The van der Waals surface area contributed by atoms with Crippen LogP contribution in [0.15, 0.2) is 18.2 Å². The Morgan fingerprint density at radius 1 is 0.859 bits per heavy atom. The number of morpholine rings is 1. The largest absolute Gasteiger partial charge is 0.493 e. The van der Waals surface area contributed by atoms with E-state index in [2.05, 4.69) is 68.6 Å². The lowest BCUT2D eigenvalue weighted by Crippen LogP contribution is -2.53. The molecule has 1 aromatic carbocycles. The number of benzene rings is 1. The molecule has 0 radical (unpaired) electrons. The van der Waals surface area contributed by atoms with E-state index in [1.54, 1.807) is 39.2 Å². The molecule has 2 rings (SSSR count). The van der Waals surface area contributed by atoms with E-state index in [1.807, 2.05) is 34.6 Å². The van der Waals surface area contributed by atoms with Gasteiger partial charge in [-0.15, -0.1) is 0 Å². The molecule has 1 aliphatic rings. The minimum Gasteiger partial charge on any atom is -0.493 e. The van der Waals surface area contributed by atoms with Gasteiger partial charge in [0.25, 0.3) is 5.91 Å². The Kier molecular flexibility index (Phi) is 23.6. The van der Waals surface area contributed by atoms with Gasteiger partial charge in [-0.25, -0.2) is 4.79 Å². The van der Waals surface area contributed by atoms with Gasteiger partial charge in [-0.1, -0.05) is 48.5 Å². The smallest absolute Gasteiger partial charge is 0.407 e. The molecule has 1 aromatic rings. The lowest BCUT2D eigenvalue weighted by atomic mass is 9.67. The summed E-state index contributed by atoms with van der Waals surface area (Å²) >= 11 is 0. The lowest BCUT2D eigenvalue weighted by molar-refractivity contribution is -0.129. The first-order valence-corrected chi connectivity index (χ1v) is 26.3. The summed E-state index contributed by atoms with van der Waals surface area (Å²) in [5, 5.41) is 9.50. The molecule has 1 fully saturated rings. The SMILES string of the molecule is COCCCCOc1cc(OCCN2CCOCC2)ccc1C(=O)NC(O[SiH](C)C)[C@@H](C[C@H](NC(=O)OC(C)(C)C)[C@@H](C[C@H](C(=O)NCC(C)(C)C(N)=O)C(C)C)C(C)(C)C)C(C)C. The van der Waals surface area contributed by atoms with Crippen LogP contribution in [-0.2, 0) is 28.2 Å². The van der Waals surface area contributed by atoms with Crippen molar-refractivity contribution >= 4 is 32.9 Å². The van der Waals surface area contributed by atoms with E-state index in [4.69, 9.17) is 33.8 Å². The molecule has 0 spiro atoms. The van der Waals surface area contributed by atoms with E-state index in [0.717, 1.165) is 32.5 Å². The van der Waals surface area contributed by atoms with Crippen LogP contribution in [0.25, 0.3) is 0 Å². The third-order valence-corrected chi connectivity index (χ3v) is 12.6. The van der Waals surface area contributed by atoms with Crippen molar-refractivity contribution in [1.29, 1.82) is 0 Å². The first-order chi connectivity index (χ1) is 29.7. The number of nitrogens with zero attached hydrogens (tertiary/aromatic N) is 1. The number of amides is 4. The molecule has 0 saturated carbocycles. The lowest BCUT2D eigenvalue weighted by Gasteiger charge is -2.43. The van der Waals surface area contributed by atoms with E-state index in [9.17, 15) is 19.2 Å². The summed E-state index contributed by atoms with van der Waals surface area (Å²) in [6, 6.07) is 4.81. The highest BCUT2D eigenvalue weighted by molar-refractivity contribution is 6.48. The maximum atomic E-state index is 14.5. The molecular formula is C48H87N5O10Si. The number of unbranched alkanes of at least 4 members (excludes halogenated alkanes) is 1. The van der Waals surface area contributed by atoms with Crippen LogP contribution in [0.2, 0.25) is 13.1 Å². The summed E-state index contributed by atoms with van der Waals surface area (Å²) in [7, 11) is -0.115. The number of carbonyl (C=O) groups is 4. The number of ether oxygens (including phenoxy) is 5. The summed E-state index contributed by atoms with van der Waals surface area (Å²) in [5.41, 5.74) is 3.90. The van der Waals surface area contributed by atoms with E-state index >= 15 is 0 Å². The number of alkyl carbamates (subject to hydrolysis) is 1. The topological polar surface area (TPSA) is 189 Å². The Morgan fingerprint density at radius 3 is 2.05 bits per heavy atom. The van der Waals surface area contributed by atoms with Gasteiger partial charge in [0.2, 0.25) is 11.8 Å². The molecular weight excluding hydrogens is 835 g/mol. The van der Waals surface area contributed by atoms with Crippen molar-refractivity contribution in [3.8, 4) is 11.5 Å². The minimum absolute atomic E-state index is 0.0134. The summed E-state index contributed by atoms with van der Waals surface area (Å²) in [6.45, 7) is 33.0. The van der Waals surface area contributed by atoms with E-state index in [1.165, 1.54) is 0 Å². The quantitative estimate of drug-likeness (QED) is 0.0415. The number of methoxy groups -OCH3 is 1. The van der Waals surface area contributed by atoms with Crippen LogP contribution >= 0.6 is 0 Å². The van der Waals surface area contributed by atoms with Gasteiger partial charge in [-0.2, -0.15) is 0 Å². The molecule has 1 saturated heterocycles. The summed E-state index contributed by atoms with van der Waals surface area (Å²) < 4.78 is 35.7. The molecule has 1 aliphatic heterocycles. The average molecular weight is 922 g/mol. The van der Waals surface area contributed by atoms with Gasteiger partial charge in [-0.3, -0.25) is 19.3 Å². The standard InChI is InChI=1S/C48H87N5O10Si/c1-32(2)36(41(54)50-31-48(11,12)44(49)56)29-38(46(5,6)7)39(51-45(57)62-47(8,9)10)30-37(33(3)4)43(63-64(14)15)52-42(55)35-19-18-34(28-40(35)61-24-17-16-23-58-13)60-27-22-53-20-25-59-26-21-53/h18-19,28,32-33,36-39,43,64H,16-17,20-27,29-31H2,1-15H3,(H2,49,56)(H,50,54)(H,51,57)(H,52,55)/t36-,37-,38+,39-,43?/m0/s1. The fraction of sp³-hybridized carbons (Fsp3) is 0.792. The number of nitrogens with one attached hydrogen (secondary N) is 3. The zero-order valence-electron chi connectivity index (χ0n) is 42.2. The molecule has 1 unspecified atom stereocenters. The molecule has 0 aromatic heterocycles.